The van der Waals surface area contributed by atoms with E-state index < -0.39 is 21.9 Å². The van der Waals surface area contributed by atoms with Crippen molar-refractivity contribution < 1.29 is 27.9 Å². The topological polar surface area (TPSA) is 161 Å². The molecule has 0 saturated heterocycles. The van der Waals surface area contributed by atoms with Gasteiger partial charge in [0.25, 0.3) is 5.91 Å². The number of esters is 1. The first-order valence-corrected chi connectivity index (χ1v) is 11.5. The van der Waals surface area contributed by atoms with Gasteiger partial charge in [0.05, 0.1) is 23.3 Å². The van der Waals surface area contributed by atoms with Gasteiger partial charge in [0.1, 0.15) is 10.8 Å². The number of carbonyl (C=O) groups is 2. The quantitative estimate of drug-likeness (QED) is 0.257. The summed E-state index contributed by atoms with van der Waals surface area (Å²) in [5.74, 6) is -1.68. The van der Waals surface area contributed by atoms with E-state index in [2.05, 4.69) is 15.5 Å². The molecule has 0 saturated carbocycles. The lowest BCUT2D eigenvalue weighted by Crippen LogP contribution is -2.16. The number of carbonyl (C=O) groups excluding carboxylic acids is 2. The second-order valence-electron chi connectivity index (χ2n) is 6.68. The number of ether oxygens (including phenoxy) is 1. The summed E-state index contributed by atoms with van der Waals surface area (Å²) in [4.78, 5) is 25.9. The molecule has 164 valence electrons. The lowest BCUT2D eigenvalue weighted by molar-refractivity contribution is -0.113. The Hall–Kier alpha value is -3.09. The molecule has 1 heterocycles. The predicted octanol–water partition coefficient (Wildman–Crippen LogP) is 3.18. The van der Waals surface area contributed by atoms with Gasteiger partial charge in [-0.25, -0.2) is 18.4 Å². The zero-order chi connectivity index (χ0) is 22.8. The summed E-state index contributed by atoms with van der Waals surface area (Å²) in [6.45, 7) is 1.27. The van der Waals surface area contributed by atoms with Crippen molar-refractivity contribution in [1.29, 1.82) is 0 Å². The number of nitrogens with zero attached hydrogens (tertiary/aromatic N) is 2. The molecule has 0 unspecified atom stereocenters. The molecule has 0 spiro atoms. The maximum absolute atomic E-state index is 12.7. The van der Waals surface area contributed by atoms with Gasteiger partial charge in [0.15, 0.2) is 5.70 Å². The molecule has 1 aromatic heterocycles. The number of anilines is 1. The molecule has 12 heteroatoms. The number of allylic oxidation sites excluding steroid dienone is 1. The van der Waals surface area contributed by atoms with Crippen LogP contribution in [0, 0.1) is 0 Å². The molecule has 31 heavy (non-hydrogen) atoms. The van der Waals surface area contributed by atoms with E-state index in [0.29, 0.717) is 10.6 Å². The molecule has 0 radical (unpaired) electrons. The molecule has 1 aliphatic rings. The normalized spacial score (nSPS) is 14.3. The molecule has 0 fully saturated rings. The Morgan fingerprint density at radius 1 is 1.23 bits per heavy atom. The number of nitrogens with one attached hydrogen (secondary N) is 1. The van der Waals surface area contributed by atoms with E-state index >= 15 is 0 Å². The minimum absolute atomic E-state index is 0.0978. The fraction of sp³-hybridized carbons (Fsp3) is 0.263. The van der Waals surface area contributed by atoms with E-state index in [0.717, 1.165) is 29.7 Å². The highest BCUT2D eigenvalue weighted by atomic mass is 32.2. The van der Waals surface area contributed by atoms with Gasteiger partial charge in [-0.1, -0.05) is 0 Å². The van der Waals surface area contributed by atoms with Gasteiger partial charge in [-0.3, -0.25) is 4.79 Å². The fourth-order valence-corrected chi connectivity index (χ4v) is 4.85. The van der Waals surface area contributed by atoms with Crippen LogP contribution >= 0.6 is 11.3 Å². The zero-order valence-electron chi connectivity index (χ0n) is 16.7. The van der Waals surface area contributed by atoms with Crippen LogP contribution in [0.25, 0.3) is 0 Å². The number of hydrogen-bond acceptors (Lipinski definition) is 9. The van der Waals surface area contributed by atoms with Crippen LogP contribution in [0.3, 0.4) is 0 Å². The van der Waals surface area contributed by atoms with Crippen LogP contribution in [-0.4, -0.2) is 32.5 Å². The number of primary sulfonamides is 1. The van der Waals surface area contributed by atoms with E-state index in [9.17, 15) is 23.1 Å². The van der Waals surface area contributed by atoms with Crippen molar-refractivity contribution in [2.75, 3.05) is 12.4 Å². The van der Waals surface area contributed by atoms with Crippen LogP contribution in [-0.2, 0) is 32.4 Å². The summed E-state index contributed by atoms with van der Waals surface area (Å²) < 4.78 is 27.5. The Labute approximate surface area is 182 Å². The Kier molecular flexibility index (Phi) is 6.53. The Morgan fingerprint density at radius 3 is 2.48 bits per heavy atom. The number of azo groups is 1. The molecule has 1 aliphatic carbocycles. The standard InChI is InChI=1S/C19H20N4O6S2/c1-10(24)16(23-22-11-6-8-12(9-7-11)31(20,27)28)17(25)21-18-15(19(26)29-2)13-4-3-5-14(13)30-18/h6-9,24H,3-5H2,1-2H3,(H,21,25)(H2,20,27,28). The first-order chi connectivity index (χ1) is 14.6. The van der Waals surface area contributed by atoms with E-state index in [1.165, 1.54) is 49.6 Å². The highest BCUT2D eigenvalue weighted by Gasteiger charge is 2.29. The SMILES string of the molecule is COC(=O)c1c(NC(=O)C(N=Nc2ccc(S(N)(=O)=O)cc2)=C(C)O)sc2c1CCC2. The molecule has 0 bridgehead atoms. The van der Waals surface area contributed by atoms with Crippen molar-refractivity contribution in [3.05, 3.63) is 51.7 Å². The number of hydrogen-bond donors (Lipinski definition) is 3. The lowest BCUT2D eigenvalue weighted by atomic mass is 10.1. The third-order valence-electron chi connectivity index (χ3n) is 4.53. The second-order valence-corrected chi connectivity index (χ2v) is 9.35. The number of sulfonamides is 1. The van der Waals surface area contributed by atoms with Crippen LogP contribution in [0.15, 0.2) is 50.8 Å². The largest absolute Gasteiger partial charge is 0.510 e. The third kappa shape index (κ3) is 4.98. The van der Waals surface area contributed by atoms with Gasteiger partial charge in [-0.2, -0.15) is 5.11 Å². The van der Waals surface area contributed by atoms with E-state index in [4.69, 9.17) is 9.88 Å². The van der Waals surface area contributed by atoms with Crippen LogP contribution in [0.4, 0.5) is 10.7 Å². The maximum Gasteiger partial charge on any atom is 0.341 e. The van der Waals surface area contributed by atoms with Crippen LogP contribution in [0.1, 0.15) is 34.1 Å². The number of benzene rings is 1. The highest BCUT2D eigenvalue weighted by Crippen LogP contribution is 2.39. The van der Waals surface area contributed by atoms with Gasteiger partial charge in [0.2, 0.25) is 10.0 Å². The molecule has 1 amide bonds. The summed E-state index contributed by atoms with van der Waals surface area (Å²) >= 11 is 1.29. The Morgan fingerprint density at radius 2 is 1.90 bits per heavy atom. The van der Waals surface area contributed by atoms with Crippen molar-refractivity contribution in [2.45, 2.75) is 31.1 Å². The monoisotopic (exact) mass is 464 g/mol. The minimum atomic E-state index is -3.85. The van der Waals surface area contributed by atoms with Crippen LogP contribution < -0.4 is 10.5 Å². The number of aliphatic hydroxyl groups excluding tert-OH is 1. The molecule has 10 nitrogen and oxygen atoms in total. The molecule has 2 aromatic rings. The number of nitrogens with two attached hydrogens (primary N) is 1. The van der Waals surface area contributed by atoms with Crippen LogP contribution in [0.2, 0.25) is 0 Å². The van der Waals surface area contributed by atoms with E-state index in [-0.39, 0.29) is 22.0 Å². The van der Waals surface area contributed by atoms with Crippen molar-refractivity contribution >= 4 is 43.9 Å². The molecular formula is C19H20N4O6S2. The zero-order valence-corrected chi connectivity index (χ0v) is 18.3. The molecule has 1 aromatic carbocycles. The molecule has 4 N–H and O–H groups in total. The van der Waals surface area contributed by atoms with Crippen molar-refractivity contribution in [2.24, 2.45) is 15.4 Å². The second kappa shape index (κ2) is 8.96. The van der Waals surface area contributed by atoms with E-state index in [1.54, 1.807) is 0 Å². The molecular weight excluding hydrogens is 444 g/mol. The van der Waals surface area contributed by atoms with E-state index in [1.807, 2.05) is 0 Å². The van der Waals surface area contributed by atoms with Crippen molar-refractivity contribution in [3.63, 3.8) is 0 Å². The number of aliphatic hydroxyl groups is 1. The first-order valence-electron chi connectivity index (χ1n) is 9.10. The maximum atomic E-state index is 12.7. The molecule has 0 aliphatic heterocycles. The fourth-order valence-electron chi connectivity index (χ4n) is 3.06. The molecule has 3 rings (SSSR count). The Balaban J connectivity index is 1.84. The van der Waals surface area contributed by atoms with Crippen LogP contribution in [0.5, 0.6) is 0 Å². The number of fused-ring (bicyclic) bond motifs is 1. The van der Waals surface area contributed by atoms with Gasteiger partial charge >= 0.3 is 5.97 Å². The van der Waals surface area contributed by atoms with Crippen molar-refractivity contribution in [3.8, 4) is 0 Å². The summed E-state index contributed by atoms with van der Waals surface area (Å²) in [7, 11) is -2.58. The number of amides is 1. The molecule has 0 atom stereocenters. The number of thiophene rings is 1. The lowest BCUT2D eigenvalue weighted by Gasteiger charge is -2.07. The smallest absolute Gasteiger partial charge is 0.341 e. The van der Waals surface area contributed by atoms with Gasteiger partial charge in [0, 0.05) is 4.88 Å². The first kappa shape index (κ1) is 22.6. The minimum Gasteiger partial charge on any atom is -0.510 e. The summed E-state index contributed by atoms with van der Waals surface area (Å²) in [5, 5.41) is 25.5. The number of rotatable bonds is 6. The third-order valence-corrected chi connectivity index (χ3v) is 6.66. The Bertz CT molecular complexity index is 1190. The highest BCUT2D eigenvalue weighted by molar-refractivity contribution is 7.89. The summed E-state index contributed by atoms with van der Waals surface area (Å²) in [6, 6.07) is 5.19. The number of methoxy groups -OCH3 is 1. The predicted molar refractivity (Wildman–Crippen MR) is 114 cm³/mol. The van der Waals surface area contributed by atoms with Gasteiger partial charge in [-0.05, 0) is 56.0 Å². The van der Waals surface area contributed by atoms with Crippen molar-refractivity contribution in [1.82, 2.24) is 0 Å². The van der Waals surface area contributed by atoms with Gasteiger partial charge in [-0.15, -0.1) is 16.5 Å². The average Bonchev–Trinajstić information content (AvgIpc) is 3.27. The summed E-state index contributed by atoms with van der Waals surface area (Å²) in [6.07, 6.45) is 2.47. The van der Waals surface area contributed by atoms with Gasteiger partial charge < -0.3 is 15.2 Å². The summed E-state index contributed by atoms with van der Waals surface area (Å²) in [5.41, 5.74) is 1.07. The average molecular weight is 465 g/mol. The number of aryl methyl sites for hydroxylation is 1.